The Morgan fingerprint density at radius 2 is 0.833 bits per heavy atom. The average Bonchev–Trinajstić information content (AvgIpc) is 3.49. The van der Waals surface area contributed by atoms with Crippen LogP contribution in [0.1, 0.15) is 43.4 Å². The molecule has 0 amide bonds. The van der Waals surface area contributed by atoms with Gasteiger partial charge in [0.25, 0.3) is 0 Å². The zero-order chi connectivity index (χ0) is 24.8. The monoisotopic (exact) mass is 470 g/mol. The number of benzene rings is 3. The van der Waals surface area contributed by atoms with Gasteiger partial charge in [-0.05, 0) is 26.0 Å². The molecule has 0 radical (unpaired) electrons. The van der Waals surface area contributed by atoms with Crippen LogP contribution in [0.5, 0.6) is 0 Å². The lowest BCUT2D eigenvalue weighted by Crippen LogP contribution is -2.21. The molecule has 5 aromatic rings. The van der Waals surface area contributed by atoms with E-state index in [4.69, 9.17) is 8.83 Å². The van der Waals surface area contributed by atoms with Crippen LogP contribution in [0.2, 0.25) is 0 Å². The number of rotatable bonds is 4. The number of carbonyl (C=O) groups excluding carboxylic acids is 2. The molecule has 174 valence electrons. The maximum atomic E-state index is 14.0. The van der Waals surface area contributed by atoms with Crippen molar-refractivity contribution in [2.24, 2.45) is 0 Å². The van der Waals surface area contributed by atoms with E-state index in [9.17, 15) is 9.59 Å². The Kier molecular flexibility index (Phi) is 5.15. The van der Waals surface area contributed by atoms with Crippen molar-refractivity contribution in [2.75, 3.05) is 0 Å². The van der Waals surface area contributed by atoms with Crippen molar-refractivity contribution >= 4 is 22.7 Å². The van der Waals surface area contributed by atoms with Crippen molar-refractivity contribution in [1.29, 1.82) is 0 Å². The van der Waals surface area contributed by atoms with Gasteiger partial charge in [-0.2, -0.15) is 0 Å². The number of aryl methyl sites for hydroxylation is 2. The van der Waals surface area contributed by atoms with Gasteiger partial charge in [0.1, 0.15) is 23.0 Å². The molecule has 3 aromatic carbocycles. The molecule has 0 saturated carbocycles. The van der Waals surface area contributed by atoms with Gasteiger partial charge in [0.05, 0.1) is 0 Å². The van der Waals surface area contributed by atoms with Crippen molar-refractivity contribution in [3.8, 4) is 22.6 Å². The van der Waals surface area contributed by atoms with Crippen LogP contribution in [0, 0.1) is 13.8 Å². The summed E-state index contributed by atoms with van der Waals surface area (Å²) in [5, 5.41) is 0. The molecule has 0 aliphatic heterocycles. The van der Waals surface area contributed by atoms with Gasteiger partial charge >= 0.3 is 0 Å². The topological polar surface area (TPSA) is 60.4 Å². The molecule has 36 heavy (non-hydrogen) atoms. The third kappa shape index (κ3) is 3.46. The molecule has 6 rings (SSSR count). The summed E-state index contributed by atoms with van der Waals surface area (Å²) in [6.07, 6.45) is 0. The fraction of sp³-hybridized carbons (Fsp3) is 0.0625. The van der Waals surface area contributed by atoms with Crippen LogP contribution in [0.3, 0.4) is 0 Å². The van der Waals surface area contributed by atoms with E-state index >= 15 is 0 Å². The van der Waals surface area contributed by atoms with E-state index in [2.05, 4.69) is 0 Å². The summed E-state index contributed by atoms with van der Waals surface area (Å²) in [4.78, 5) is 27.9. The summed E-state index contributed by atoms with van der Waals surface area (Å²) in [6.45, 7) is 3.64. The van der Waals surface area contributed by atoms with Gasteiger partial charge in [-0.1, -0.05) is 84.9 Å². The van der Waals surface area contributed by atoms with Gasteiger partial charge in [0.15, 0.2) is 11.6 Å². The first-order valence-electron chi connectivity index (χ1n) is 11.8. The number of ketones is 2. The zero-order valence-electron chi connectivity index (χ0n) is 19.9. The summed E-state index contributed by atoms with van der Waals surface area (Å²) in [6, 6.07) is 30.1. The molecule has 0 saturated heterocycles. The summed E-state index contributed by atoms with van der Waals surface area (Å²) in [7, 11) is 0. The van der Waals surface area contributed by atoms with Gasteiger partial charge in [0, 0.05) is 44.5 Å². The van der Waals surface area contributed by atoms with Crippen LogP contribution in [0.4, 0.5) is 0 Å². The van der Waals surface area contributed by atoms with Gasteiger partial charge in [-0.3, -0.25) is 9.59 Å². The number of Topliss-reactive ketones (excluding diaryl/α,β-unsaturated/α-hetero) is 2. The Hall–Kier alpha value is -4.70. The number of hydrogen-bond donors (Lipinski definition) is 0. The van der Waals surface area contributed by atoms with Gasteiger partial charge in [-0.15, -0.1) is 0 Å². The quantitative estimate of drug-likeness (QED) is 0.269. The maximum absolute atomic E-state index is 14.0. The first kappa shape index (κ1) is 21.8. The molecule has 1 aliphatic rings. The van der Waals surface area contributed by atoms with E-state index in [1.807, 2.05) is 86.6 Å². The summed E-state index contributed by atoms with van der Waals surface area (Å²) >= 11 is 0. The molecule has 0 fully saturated rings. The first-order chi connectivity index (χ1) is 17.5. The highest BCUT2D eigenvalue weighted by atomic mass is 16.3. The highest BCUT2D eigenvalue weighted by Crippen LogP contribution is 2.43. The molecule has 2 heterocycles. The normalized spacial score (nSPS) is 13.3. The van der Waals surface area contributed by atoms with Crippen molar-refractivity contribution < 1.29 is 18.4 Å². The fourth-order valence-corrected chi connectivity index (χ4v) is 4.84. The summed E-state index contributed by atoms with van der Waals surface area (Å²) in [5.74, 6) is 2.03. The molecule has 0 unspecified atom stereocenters. The molecule has 2 aromatic heterocycles. The lowest BCUT2D eigenvalue weighted by Gasteiger charge is -2.20. The number of allylic oxidation sites excluding steroid dienone is 2. The highest BCUT2D eigenvalue weighted by Gasteiger charge is 2.36. The van der Waals surface area contributed by atoms with Crippen LogP contribution in [0.15, 0.2) is 106 Å². The number of hydrogen-bond acceptors (Lipinski definition) is 4. The van der Waals surface area contributed by atoms with Crippen molar-refractivity contribution in [3.63, 3.8) is 0 Å². The van der Waals surface area contributed by atoms with E-state index in [1.165, 1.54) is 0 Å². The molecule has 4 nitrogen and oxygen atoms in total. The molecular weight excluding hydrogens is 448 g/mol. The van der Waals surface area contributed by atoms with E-state index in [0.29, 0.717) is 56.4 Å². The summed E-state index contributed by atoms with van der Waals surface area (Å²) < 4.78 is 12.2. The van der Waals surface area contributed by atoms with Crippen LogP contribution < -0.4 is 0 Å². The predicted octanol–water partition coefficient (Wildman–Crippen LogP) is 7.81. The number of carbonyl (C=O) groups is 2. The Bertz CT molecular complexity index is 1540. The van der Waals surface area contributed by atoms with E-state index in [-0.39, 0.29) is 11.6 Å². The van der Waals surface area contributed by atoms with E-state index < -0.39 is 0 Å². The second-order valence-corrected chi connectivity index (χ2v) is 8.85. The third-order valence-corrected chi connectivity index (χ3v) is 6.61. The Balaban J connectivity index is 1.61. The van der Waals surface area contributed by atoms with Gasteiger partial charge in [-0.25, -0.2) is 0 Å². The van der Waals surface area contributed by atoms with E-state index in [0.717, 1.165) is 11.1 Å². The maximum Gasteiger partial charge on any atom is 0.195 e. The molecule has 0 atom stereocenters. The molecule has 0 bridgehead atoms. The third-order valence-electron chi connectivity index (χ3n) is 6.61. The van der Waals surface area contributed by atoms with Crippen molar-refractivity contribution in [1.82, 2.24) is 0 Å². The minimum absolute atomic E-state index is 0.203. The Morgan fingerprint density at radius 1 is 0.472 bits per heavy atom. The highest BCUT2D eigenvalue weighted by molar-refractivity contribution is 6.52. The Morgan fingerprint density at radius 3 is 1.22 bits per heavy atom. The predicted molar refractivity (Wildman–Crippen MR) is 140 cm³/mol. The second-order valence-electron chi connectivity index (χ2n) is 8.85. The lowest BCUT2D eigenvalue weighted by atomic mass is 9.78. The fourth-order valence-electron chi connectivity index (χ4n) is 4.84. The average molecular weight is 471 g/mol. The molecule has 0 spiro atoms. The second kappa shape index (κ2) is 8.51. The molecule has 0 N–H and O–H groups in total. The smallest absolute Gasteiger partial charge is 0.195 e. The van der Waals surface area contributed by atoms with Crippen molar-refractivity contribution in [3.05, 3.63) is 131 Å². The largest absolute Gasteiger partial charge is 0.461 e. The Labute approximate surface area is 208 Å². The lowest BCUT2D eigenvalue weighted by molar-refractivity contribution is 0.101. The zero-order valence-corrected chi connectivity index (χ0v) is 19.9. The summed E-state index contributed by atoms with van der Waals surface area (Å²) in [5.41, 5.74) is 4.48. The van der Waals surface area contributed by atoms with Crippen LogP contribution in [-0.2, 0) is 0 Å². The first-order valence-corrected chi connectivity index (χ1v) is 11.8. The molecule has 1 aliphatic carbocycles. The standard InChI is InChI=1S/C32H22O4/c1-19-25(17-27(35-19)21-11-5-3-6-12-21)29-30(32(34)24-16-10-9-15-23(24)31(29)33)26-18-28(36-20(26)2)22-13-7-4-8-14-22/h3-18H,1-2H3. The molecule has 4 heteroatoms. The SMILES string of the molecule is Cc1oc(-c2ccccc2)cc1C1=C(c2cc(-c3ccccc3)oc2C)C(=O)c2ccccc2C1=O. The minimum atomic E-state index is -0.203. The van der Waals surface area contributed by atoms with Crippen molar-refractivity contribution in [2.45, 2.75) is 13.8 Å². The van der Waals surface area contributed by atoms with Gasteiger partial charge < -0.3 is 8.83 Å². The van der Waals surface area contributed by atoms with Gasteiger partial charge in [0.2, 0.25) is 0 Å². The number of fused-ring (bicyclic) bond motifs is 1. The van der Waals surface area contributed by atoms with Crippen LogP contribution >= 0.6 is 0 Å². The van der Waals surface area contributed by atoms with E-state index in [1.54, 1.807) is 24.3 Å². The molecular formula is C32H22O4. The van der Waals surface area contributed by atoms with Crippen LogP contribution in [0.25, 0.3) is 33.8 Å². The van der Waals surface area contributed by atoms with Crippen LogP contribution in [-0.4, -0.2) is 11.6 Å². The minimum Gasteiger partial charge on any atom is -0.461 e. The number of furan rings is 2.